The van der Waals surface area contributed by atoms with Gasteiger partial charge in [0.25, 0.3) is 0 Å². The van der Waals surface area contributed by atoms with E-state index >= 15 is 0 Å². The molecule has 0 aromatic rings. The molecule has 3 heteroatoms. The third kappa shape index (κ3) is 3.67. The summed E-state index contributed by atoms with van der Waals surface area (Å²) in [5, 5.41) is 3.67. The number of likely N-dealkylation sites (N-methyl/N-ethyl adjacent to an activating group) is 1. The summed E-state index contributed by atoms with van der Waals surface area (Å²) in [5.74, 6) is 0.744. The van der Waals surface area contributed by atoms with Crippen molar-refractivity contribution in [2.24, 2.45) is 5.92 Å². The van der Waals surface area contributed by atoms with Crippen LogP contribution in [0.1, 0.15) is 39.0 Å². The first-order valence-electron chi connectivity index (χ1n) is 7.33. The highest BCUT2D eigenvalue weighted by atomic mass is 16.5. The minimum absolute atomic E-state index is 0.506. The van der Waals surface area contributed by atoms with Crippen molar-refractivity contribution < 1.29 is 4.74 Å². The van der Waals surface area contributed by atoms with Gasteiger partial charge in [-0.25, -0.2) is 0 Å². The fourth-order valence-electron chi connectivity index (χ4n) is 3.21. The van der Waals surface area contributed by atoms with Crippen molar-refractivity contribution in [3.8, 4) is 0 Å². The van der Waals surface area contributed by atoms with Crippen LogP contribution in [0.5, 0.6) is 0 Å². The summed E-state index contributed by atoms with van der Waals surface area (Å²) in [4.78, 5) is 2.51. The summed E-state index contributed by atoms with van der Waals surface area (Å²) in [6, 6.07) is 0.756. The number of nitrogens with one attached hydrogen (secondary N) is 1. The van der Waals surface area contributed by atoms with Crippen molar-refractivity contribution in [2.45, 2.75) is 51.2 Å². The van der Waals surface area contributed by atoms with Gasteiger partial charge in [0, 0.05) is 25.7 Å². The first-order chi connectivity index (χ1) is 8.31. The molecule has 0 aromatic carbocycles. The molecule has 0 radical (unpaired) electrons. The van der Waals surface area contributed by atoms with E-state index in [1.807, 2.05) is 0 Å². The number of piperidine rings is 1. The lowest BCUT2D eigenvalue weighted by Gasteiger charge is -2.33. The number of hydrogen-bond acceptors (Lipinski definition) is 3. The molecule has 100 valence electrons. The van der Waals surface area contributed by atoms with Crippen molar-refractivity contribution in [3.05, 3.63) is 0 Å². The maximum absolute atomic E-state index is 5.73. The van der Waals surface area contributed by atoms with E-state index < -0.39 is 0 Å². The van der Waals surface area contributed by atoms with E-state index in [4.69, 9.17) is 4.74 Å². The Kier molecular flexibility index (Phi) is 5.26. The lowest BCUT2D eigenvalue weighted by molar-refractivity contribution is 0.0863. The number of hydrogen-bond donors (Lipinski definition) is 1. The SMILES string of the molecule is CCC1OCCC1CNCC1CCCCN1C. The molecular weight excluding hydrogens is 212 g/mol. The molecule has 0 spiro atoms. The van der Waals surface area contributed by atoms with Gasteiger partial charge in [-0.2, -0.15) is 0 Å². The number of nitrogens with zero attached hydrogens (tertiary/aromatic N) is 1. The van der Waals surface area contributed by atoms with Crippen molar-refractivity contribution in [2.75, 3.05) is 33.3 Å². The number of ether oxygens (including phenoxy) is 1. The predicted molar refractivity (Wildman–Crippen MR) is 71.3 cm³/mol. The summed E-state index contributed by atoms with van der Waals surface area (Å²) in [6.45, 7) is 6.77. The molecule has 0 aromatic heterocycles. The van der Waals surface area contributed by atoms with Gasteiger partial charge < -0.3 is 15.0 Å². The van der Waals surface area contributed by atoms with E-state index in [1.165, 1.54) is 32.2 Å². The van der Waals surface area contributed by atoms with Crippen LogP contribution in [-0.2, 0) is 4.74 Å². The molecule has 2 rings (SSSR count). The van der Waals surface area contributed by atoms with Gasteiger partial charge in [-0.1, -0.05) is 13.3 Å². The van der Waals surface area contributed by atoms with Crippen molar-refractivity contribution in [1.82, 2.24) is 10.2 Å². The standard InChI is InChI=1S/C14H28N2O/c1-3-14-12(7-9-17-14)10-15-11-13-6-4-5-8-16(13)2/h12-15H,3-11H2,1-2H3. The zero-order chi connectivity index (χ0) is 12.1. The second-order valence-electron chi connectivity index (χ2n) is 5.65. The Bertz CT molecular complexity index is 220. The van der Waals surface area contributed by atoms with E-state index in [0.29, 0.717) is 6.10 Å². The molecule has 0 saturated carbocycles. The largest absolute Gasteiger partial charge is 0.378 e. The molecule has 0 amide bonds. The first-order valence-corrected chi connectivity index (χ1v) is 7.33. The molecule has 0 aliphatic carbocycles. The van der Waals surface area contributed by atoms with E-state index in [-0.39, 0.29) is 0 Å². The Labute approximate surface area is 106 Å². The van der Waals surface area contributed by atoms with Crippen LogP contribution in [0, 0.1) is 5.92 Å². The Balaban J connectivity index is 1.65. The van der Waals surface area contributed by atoms with Gasteiger partial charge in [-0.15, -0.1) is 0 Å². The zero-order valence-corrected chi connectivity index (χ0v) is 11.5. The Morgan fingerprint density at radius 1 is 1.24 bits per heavy atom. The minimum atomic E-state index is 0.506. The molecule has 3 atom stereocenters. The number of likely N-dealkylation sites (tertiary alicyclic amines) is 1. The lowest BCUT2D eigenvalue weighted by atomic mass is 9.99. The average molecular weight is 240 g/mol. The Morgan fingerprint density at radius 3 is 2.88 bits per heavy atom. The van der Waals surface area contributed by atoms with Gasteiger partial charge in [0.05, 0.1) is 6.10 Å². The molecule has 0 bridgehead atoms. The van der Waals surface area contributed by atoms with Crippen molar-refractivity contribution in [1.29, 1.82) is 0 Å². The second-order valence-corrected chi connectivity index (χ2v) is 5.65. The van der Waals surface area contributed by atoms with Crippen molar-refractivity contribution in [3.63, 3.8) is 0 Å². The van der Waals surface area contributed by atoms with E-state index in [2.05, 4.69) is 24.2 Å². The fourth-order valence-corrected chi connectivity index (χ4v) is 3.21. The molecule has 3 nitrogen and oxygen atoms in total. The van der Waals surface area contributed by atoms with Gasteiger partial charge in [-0.3, -0.25) is 0 Å². The van der Waals surface area contributed by atoms with Gasteiger partial charge in [0.2, 0.25) is 0 Å². The maximum Gasteiger partial charge on any atom is 0.0613 e. The average Bonchev–Trinajstić information content (AvgIpc) is 2.79. The summed E-state index contributed by atoms with van der Waals surface area (Å²) in [7, 11) is 2.26. The van der Waals surface area contributed by atoms with Crippen LogP contribution in [0.15, 0.2) is 0 Å². The normalized spacial score (nSPS) is 35.3. The van der Waals surface area contributed by atoms with Crippen LogP contribution >= 0.6 is 0 Å². The molecule has 2 aliphatic rings. The second kappa shape index (κ2) is 6.72. The van der Waals surface area contributed by atoms with E-state index in [0.717, 1.165) is 38.1 Å². The predicted octanol–water partition coefficient (Wildman–Crippen LogP) is 1.88. The van der Waals surface area contributed by atoms with Crippen LogP contribution in [0.3, 0.4) is 0 Å². The third-order valence-electron chi connectivity index (χ3n) is 4.46. The monoisotopic (exact) mass is 240 g/mol. The van der Waals surface area contributed by atoms with Crippen LogP contribution in [-0.4, -0.2) is 50.3 Å². The minimum Gasteiger partial charge on any atom is -0.378 e. The summed E-state index contributed by atoms with van der Waals surface area (Å²) in [5.41, 5.74) is 0. The summed E-state index contributed by atoms with van der Waals surface area (Å²) in [6.07, 6.45) is 7.05. The quantitative estimate of drug-likeness (QED) is 0.794. The summed E-state index contributed by atoms with van der Waals surface area (Å²) >= 11 is 0. The fraction of sp³-hybridized carbons (Fsp3) is 1.00. The molecule has 3 unspecified atom stereocenters. The molecular formula is C14H28N2O. The molecule has 2 saturated heterocycles. The van der Waals surface area contributed by atoms with Gasteiger partial charge in [-0.05, 0) is 45.2 Å². The van der Waals surface area contributed by atoms with Gasteiger partial charge in [0.15, 0.2) is 0 Å². The van der Waals surface area contributed by atoms with Crippen LogP contribution in [0.25, 0.3) is 0 Å². The van der Waals surface area contributed by atoms with Crippen molar-refractivity contribution >= 4 is 0 Å². The highest BCUT2D eigenvalue weighted by Crippen LogP contribution is 2.22. The number of rotatable bonds is 5. The van der Waals surface area contributed by atoms with E-state index in [1.54, 1.807) is 0 Å². The maximum atomic E-state index is 5.73. The zero-order valence-electron chi connectivity index (χ0n) is 11.5. The Hall–Kier alpha value is -0.120. The van der Waals surface area contributed by atoms with Crippen LogP contribution < -0.4 is 5.32 Å². The van der Waals surface area contributed by atoms with Crippen LogP contribution in [0.4, 0.5) is 0 Å². The highest BCUT2D eigenvalue weighted by Gasteiger charge is 2.26. The highest BCUT2D eigenvalue weighted by molar-refractivity contribution is 4.80. The molecule has 17 heavy (non-hydrogen) atoms. The lowest BCUT2D eigenvalue weighted by Crippen LogP contribution is -2.44. The molecule has 2 aliphatic heterocycles. The summed E-state index contributed by atoms with van der Waals surface area (Å²) < 4.78 is 5.73. The topological polar surface area (TPSA) is 24.5 Å². The smallest absolute Gasteiger partial charge is 0.0613 e. The Morgan fingerprint density at radius 2 is 2.12 bits per heavy atom. The van der Waals surface area contributed by atoms with Gasteiger partial charge in [0.1, 0.15) is 0 Å². The molecule has 2 heterocycles. The van der Waals surface area contributed by atoms with Crippen LogP contribution in [0.2, 0.25) is 0 Å². The molecule has 2 fully saturated rings. The third-order valence-corrected chi connectivity index (χ3v) is 4.46. The molecule has 1 N–H and O–H groups in total. The van der Waals surface area contributed by atoms with Gasteiger partial charge >= 0.3 is 0 Å². The van der Waals surface area contributed by atoms with E-state index in [9.17, 15) is 0 Å². The first kappa shape index (κ1) is 13.3.